The van der Waals surface area contributed by atoms with Crippen LogP contribution in [0, 0.1) is 5.41 Å². The zero-order valence-corrected chi connectivity index (χ0v) is 16.5. The van der Waals surface area contributed by atoms with Gasteiger partial charge >= 0.3 is 43.0 Å². The Kier molecular flexibility index (Phi) is 8.49. The highest BCUT2D eigenvalue weighted by atomic mass is 32.3. The smallest absolute Gasteiger partial charge is 0.465 e. The Morgan fingerprint density at radius 3 is 1.55 bits per heavy atom. The molecule has 1 unspecified atom stereocenters. The van der Waals surface area contributed by atoms with Crippen LogP contribution in [0.25, 0.3) is 0 Å². The molecule has 0 saturated heterocycles. The van der Waals surface area contributed by atoms with E-state index in [0.29, 0.717) is 6.92 Å². The average Bonchev–Trinajstić information content (AvgIpc) is 2.54. The number of alkyl halides is 6. The maximum atomic E-state index is 12.8. The van der Waals surface area contributed by atoms with Crippen molar-refractivity contribution in [2.24, 2.45) is 5.41 Å². The molecular formula is C11H15F6NO9S2. The Balaban J connectivity index is 6.72. The molecule has 0 fully saturated rings. The first kappa shape index (κ1) is 27.3. The number of nitrogens with zero attached hydrogens (tertiary/aromatic N) is 1. The number of carbonyl (C=O) groups excluding carboxylic acids is 2. The molecule has 0 spiro atoms. The number of methoxy groups -OCH3 is 1. The molecule has 0 aromatic carbocycles. The van der Waals surface area contributed by atoms with Gasteiger partial charge in [0.05, 0.1) is 13.2 Å². The van der Waals surface area contributed by atoms with Crippen molar-refractivity contribution in [1.82, 2.24) is 3.71 Å². The van der Waals surface area contributed by atoms with Gasteiger partial charge in [-0.15, -0.1) is 0 Å². The van der Waals surface area contributed by atoms with Gasteiger partial charge in [-0.1, -0.05) is 3.71 Å². The van der Waals surface area contributed by atoms with Gasteiger partial charge in [-0.05, 0) is 13.8 Å². The van der Waals surface area contributed by atoms with Crippen molar-refractivity contribution in [3.05, 3.63) is 0 Å². The molecule has 0 aliphatic carbocycles. The number of sulfonamides is 2. The van der Waals surface area contributed by atoms with Crippen molar-refractivity contribution in [2.75, 3.05) is 27.1 Å². The zero-order valence-electron chi connectivity index (χ0n) is 14.8. The molecule has 0 rings (SSSR count). The molecule has 0 amide bonds. The molecule has 0 radical (unpaired) electrons. The molecule has 18 heteroatoms. The largest absolute Gasteiger partial charge is 0.512 e. The van der Waals surface area contributed by atoms with Gasteiger partial charge < -0.3 is 14.2 Å². The third-order valence-electron chi connectivity index (χ3n) is 3.05. The molecule has 0 aliphatic rings. The summed E-state index contributed by atoms with van der Waals surface area (Å²) in [5, 5.41) is 0. The van der Waals surface area contributed by atoms with Crippen LogP contribution in [0.15, 0.2) is 0 Å². The third kappa shape index (κ3) is 5.70. The molecule has 0 N–H and O–H groups in total. The summed E-state index contributed by atoms with van der Waals surface area (Å²) in [6.07, 6.45) is 0. The van der Waals surface area contributed by atoms with E-state index in [-0.39, 0.29) is 0 Å². The second kappa shape index (κ2) is 9.00. The van der Waals surface area contributed by atoms with Crippen LogP contribution in [0.3, 0.4) is 0 Å². The fourth-order valence-corrected chi connectivity index (χ4v) is 4.42. The monoisotopic (exact) mass is 483 g/mol. The van der Waals surface area contributed by atoms with Crippen LogP contribution in [-0.4, -0.2) is 70.6 Å². The minimum absolute atomic E-state index is 0.341. The van der Waals surface area contributed by atoms with E-state index >= 15 is 0 Å². The molecule has 0 aromatic rings. The average molecular weight is 483 g/mol. The summed E-state index contributed by atoms with van der Waals surface area (Å²) >= 11 is 0. The number of halogens is 6. The highest BCUT2D eigenvalue weighted by Gasteiger charge is 2.64. The first-order chi connectivity index (χ1) is 12.8. The highest BCUT2D eigenvalue weighted by molar-refractivity contribution is 8.04. The Hall–Kier alpha value is -1.66. The first-order valence-corrected chi connectivity index (χ1v) is 9.92. The molecule has 10 nitrogen and oxygen atoms in total. The maximum absolute atomic E-state index is 12.8. The van der Waals surface area contributed by atoms with E-state index in [9.17, 15) is 52.8 Å². The van der Waals surface area contributed by atoms with Gasteiger partial charge in [0.1, 0.15) is 0 Å². The second-order valence-corrected chi connectivity index (χ2v) is 9.16. The van der Waals surface area contributed by atoms with E-state index in [1.165, 1.54) is 0 Å². The Bertz CT molecular complexity index is 777. The van der Waals surface area contributed by atoms with Crippen LogP contribution in [-0.2, 0) is 43.8 Å². The fraction of sp³-hybridized carbons (Fsp3) is 0.818. The van der Waals surface area contributed by atoms with E-state index in [1.807, 2.05) is 0 Å². The first-order valence-electron chi connectivity index (χ1n) is 7.04. The number of rotatable bonds is 9. The van der Waals surface area contributed by atoms with Gasteiger partial charge in [0.25, 0.3) is 0 Å². The molecule has 172 valence electrons. The molecule has 0 bridgehead atoms. The van der Waals surface area contributed by atoms with Crippen molar-refractivity contribution >= 4 is 32.0 Å². The zero-order chi connectivity index (χ0) is 23.5. The van der Waals surface area contributed by atoms with Crippen LogP contribution in [0.2, 0.25) is 0 Å². The predicted octanol–water partition coefficient (Wildman–Crippen LogP) is 0.704. The van der Waals surface area contributed by atoms with Crippen molar-refractivity contribution in [1.29, 1.82) is 0 Å². The standard InChI is InChI=1S/C11H15F6NO9S2/c1-4-26-7(19)9(2,8(20)27-6-25-3)5-18(28(21,22)10(12,13)14)29(23,24)11(15,16)17/h4-6H2,1-3H3. The van der Waals surface area contributed by atoms with Gasteiger partial charge in [-0.3, -0.25) is 9.59 Å². The number of carbonyl (C=O) groups is 2. The van der Waals surface area contributed by atoms with Crippen LogP contribution in [0.1, 0.15) is 13.8 Å². The molecule has 1 atom stereocenters. The second-order valence-electron chi connectivity index (χ2n) is 5.22. The third-order valence-corrected chi connectivity index (χ3v) is 6.73. The van der Waals surface area contributed by atoms with Crippen LogP contribution >= 0.6 is 0 Å². The topological polar surface area (TPSA) is 133 Å². The lowest BCUT2D eigenvalue weighted by Crippen LogP contribution is -2.56. The van der Waals surface area contributed by atoms with E-state index in [0.717, 1.165) is 14.0 Å². The summed E-state index contributed by atoms with van der Waals surface area (Å²) in [7, 11) is -13.5. The molecule has 0 aliphatic heterocycles. The van der Waals surface area contributed by atoms with Gasteiger partial charge in [0, 0.05) is 7.11 Å². The lowest BCUT2D eigenvalue weighted by Gasteiger charge is -2.31. The number of hydrogen-bond acceptors (Lipinski definition) is 9. The van der Waals surface area contributed by atoms with Crippen molar-refractivity contribution in [3.63, 3.8) is 0 Å². The van der Waals surface area contributed by atoms with Crippen molar-refractivity contribution in [3.8, 4) is 0 Å². The lowest BCUT2D eigenvalue weighted by molar-refractivity contribution is -0.177. The molecule has 29 heavy (non-hydrogen) atoms. The summed E-state index contributed by atoms with van der Waals surface area (Å²) < 4.78 is 134. The maximum Gasteiger partial charge on any atom is 0.512 e. The molecule has 0 aromatic heterocycles. The van der Waals surface area contributed by atoms with Crippen LogP contribution in [0.4, 0.5) is 26.3 Å². The minimum atomic E-state index is -7.24. The number of ether oxygens (including phenoxy) is 3. The number of hydrogen-bond donors (Lipinski definition) is 0. The Labute approximate surface area is 160 Å². The summed E-state index contributed by atoms with van der Waals surface area (Å²) in [4.78, 5) is 24.1. The predicted molar refractivity (Wildman–Crippen MR) is 79.4 cm³/mol. The van der Waals surface area contributed by atoms with E-state index < -0.39 is 72.1 Å². The quantitative estimate of drug-likeness (QED) is 0.201. The summed E-state index contributed by atoms with van der Waals surface area (Å²) in [5.41, 5.74) is -16.3. The van der Waals surface area contributed by atoms with Gasteiger partial charge in [0.2, 0.25) is 0 Å². The summed E-state index contributed by atoms with van der Waals surface area (Å²) in [6.45, 7) is -2.47. The van der Waals surface area contributed by atoms with Crippen LogP contribution in [0.5, 0.6) is 0 Å². The van der Waals surface area contributed by atoms with E-state index in [1.54, 1.807) is 0 Å². The van der Waals surface area contributed by atoms with Crippen LogP contribution < -0.4 is 0 Å². The van der Waals surface area contributed by atoms with Crippen molar-refractivity contribution in [2.45, 2.75) is 24.9 Å². The Morgan fingerprint density at radius 1 is 0.862 bits per heavy atom. The number of esters is 2. The van der Waals surface area contributed by atoms with Gasteiger partial charge in [-0.25, -0.2) is 16.8 Å². The van der Waals surface area contributed by atoms with Gasteiger partial charge in [0.15, 0.2) is 12.2 Å². The minimum Gasteiger partial charge on any atom is -0.465 e. The fourth-order valence-electron chi connectivity index (χ4n) is 1.56. The summed E-state index contributed by atoms with van der Waals surface area (Å²) in [6, 6.07) is 0. The van der Waals surface area contributed by atoms with E-state index in [2.05, 4.69) is 14.2 Å². The van der Waals surface area contributed by atoms with E-state index in [4.69, 9.17) is 0 Å². The normalized spacial score (nSPS) is 15.7. The SMILES string of the molecule is CCOC(=O)C(C)(CN(S(=O)(=O)C(F)(F)F)S(=O)(=O)C(F)(F)F)C(=O)OCOC. The lowest BCUT2D eigenvalue weighted by atomic mass is 9.91. The highest BCUT2D eigenvalue weighted by Crippen LogP contribution is 2.38. The van der Waals surface area contributed by atoms with Crippen molar-refractivity contribution < 1.29 is 67.0 Å². The molecular weight excluding hydrogens is 468 g/mol. The molecule has 0 saturated carbocycles. The molecule has 0 heterocycles. The Morgan fingerprint density at radius 2 is 1.24 bits per heavy atom. The summed E-state index contributed by atoms with van der Waals surface area (Å²) in [5.74, 6) is -3.75. The van der Waals surface area contributed by atoms with Gasteiger partial charge in [-0.2, -0.15) is 26.3 Å².